The summed E-state index contributed by atoms with van der Waals surface area (Å²) < 4.78 is 18.1. The molecule has 2 aliphatic rings. The summed E-state index contributed by atoms with van der Waals surface area (Å²) in [5.41, 5.74) is 2.40. The molecule has 2 bridgehead atoms. The fraction of sp³-hybridized carbons (Fsp3) is 0.400. The highest BCUT2D eigenvalue weighted by atomic mass is 79.9. The Kier molecular flexibility index (Phi) is 5.48. The van der Waals surface area contributed by atoms with E-state index in [1.807, 2.05) is 36.4 Å². The minimum Gasteiger partial charge on any atom is -0.370 e. The monoisotopic (exact) mass is 403 g/mol. The van der Waals surface area contributed by atoms with Crippen LogP contribution in [0.2, 0.25) is 0 Å². The Morgan fingerprint density at radius 1 is 1.00 bits per heavy atom. The van der Waals surface area contributed by atoms with Gasteiger partial charge in [0.2, 0.25) is 0 Å². The summed E-state index contributed by atoms with van der Waals surface area (Å²) in [6, 6.07) is 20.6. The number of nitrogens with one attached hydrogen (secondary N) is 1. The second kappa shape index (κ2) is 7.98. The van der Waals surface area contributed by atoms with E-state index >= 15 is 0 Å². The van der Waals surface area contributed by atoms with Crippen LogP contribution in [0, 0.1) is 0 Å². The number of alkyl halides is 1. The molecule has 25 heavy (non-hydrogen) atoms. The maximum absolute atomic E-state index is 6.20. The number of fused-ring (bicyclic) bond motifs is 2. The van der Waals surface area contributed by atoms with Crippen LogP contribution in [0.25, 0.3) is 0 Å². The summed E-state index contributed by atoms with van der Waals surface area (Å²) in [6.07, 6.45) is -0.297. The lowest BCUT2D eigenvalue weighted by atomic mass is 10.0. The van der Waals surface area contributed by atoms with E-state index in [-0.39, 0.29) is 29.4 Å². The van der Waals surface area contributed by atoms with E-state index in [0.29, 0.717) is 13.2 Å². The summed E-state index contributed by atoms with van der Waals surface area (Å²) >= 11 is 3.84. The second-order valence-corrected chi connectivity index (χ2v) is 7.53. The molecule has 5 heteroatoms. The van der Waals surface area contributed by atoms with Crippen LogP contribution in [0.5, 0.6) is 0 Å². The predicted molar refractivity (Wildman–Crippen MR) is 99.4 cm³/mol. The fourth-order valence-electron chi connectivity index (χ4n) is 3.37. The number of halogens is 1. The van der Waals surface area contributed by atoms with Gasteiger partial charge in [-0.25, -0.2) is 0 Å². The van der Waals surface area contributed by atoms with Crippen molar-refractivity contribution in [3.8, 4) is 0 Å². The highest BCUT2D eigenvalue weighted by Gasteiger charge is 2.50. The number of benzene rings is 2. The maximum atomic E-state index is 6.20. The van der Waals surface area contributed by atoms with Crippen molar-refractivity contribution in [3.63, 3.8) is 0 Å². The molecule has 4 rings (SSSR count). The van der Waals surface area contributed by atoms with Gasteiger partial charge in [-0.1, -0.05) is 76.6 Å². The number of hydrogen-bond donors (Lipinski definition) is 1. The van der Waals surface area contributed by atoms with Gasteiger partial charge in [0.25, 0.3) is 0 Å². The number of hydrogen-bond acceptors (Lipinski definition) is 4. The Bertz CT molecular complexity index is 612. The van der Waals surface area contributed by atoms with Crippen LogP contribution in [0.1, 0.15) is 11.1 Å². The van der Waals surface area contributed by atoms with Gasteiger partial charge < -0.3 is 19.5 Å². The minimum absolute atomic E-state index is 0.0205. The molecule has 0 unspecified atom stereocenters. The molecule has 2 heterocycles. The Hall–Kier alpha value is -1.24. The maximum Gasteiger partial charge on any atom is 0.174 e. The van der Waals surface area contributed by atoms with Crippen LogP contribution >= 0.6 is 15.9 Å². The van der Waals surface area contributed by atoms with Crippen molar-refractivity contribution in [2.45, 2.75) is 42.5 Å². The van der Waals surface area contributed by atoms with Gasteiger partial charge in [-0.3, -0.25) is 0 Å². The van der Waals surface area contributed by atoms with Crippen LogP contribution in [0.3, 0.4) is 0 Å². The van der Waals surface area contributed by atoms with Crippen LogP contribution in [0.4, 0.5) is 0 Å². The van der Waals surface area contributed by atoms with Crippen LogP contribution in [0.15, 0.2) is 60.7 Å². The molecule has 132 valence electrons. The Morgan fingerprint density at radius 2 is 1.68 bits per heavy atom. The van der Waals surface area contributed by atoms with Crippen molar-refractivity contribution in [3.05, 3.63) is 71.8 Å². The molecular formula is C20H22BrNO3. The first-order valence-electron chi connectivity index (χ1n) is 8.65. The van der Waals surface area contributed by atoms with E-state index in [1.54, 1.807) is 0 Å². The van der Waals surface area contributed by atoms with E-state index in [4.69, 9.17) is 14.2 Å². The van der Waals surface area contributed by atoms with Gasteiger partial charge in [0.1, 0.15) is 12.2 Å². The average Bonchev–Trinajstić information content (AvgIpc) is 3.09. The first-order valence-corrected chi connectivity index (χ1v) is 9.57. The molecule has 0 aromatic heterocycles. The lowest BCUT2D eigenvalue weighted by Gasteiger charge is -2.38. The van der Waals surface area contributed by atoms with E-state index in [9.17, 15) is 0 Å². The summed E-state index contributed by atoms with van der Waals surface area (Å²) in [5, 5.41) is 3.57. The average molecular weight is 404 g/mol. The number of ether oxygens (including phenoxy) is 3. The zero-order valence-electron chi connectivity index (χ0n) is 13.9. The topological polar surface area (TPSA) is 39.7 Å². The minimum atomic E-state index is -0.227. The molecule has 2 saturated heterocycles. The van der Waals surface area contributed by atoms with Crippen LogP contribution < -0.4 is 5.32 Å². The van der Waals surface area contributed by atoms with E-state index in [2.05, 4.69) is 45.5 Å². The summed E-state index contributed by atoms with van der Waals surface area (Å²) in [5.74, 6) is 0. The lowest BCUT2D eigenvalue weighted by Crippen LogP contribution is -2.57. The summed E-state index contributed by atoms with van der Waals surface area (Å²) in [6.45, 7) is 1.92. The van der Waals surface area contributed by atoms with Gasteiger partial charge in [0.15, 0.2) is 6.29 Å². The Labute approximate surface area is 156 Å². The molecule has 5 atom stereocenters. The van der Waals surface area contributed by atoms with Crippen molar-refractivity contribution in [1.82, 2.24) is 5.32 Å². The van der Waals surface area contributed by atoms with Gasteiger partial charge in [0, 0.05) is 6.54 Å². The molecule has 2 fully saturated rings. The first kappa shape index (κ1) is 17.2. The SMILES string of the molecule is Br[C@@H]1[C@@H](NCc2ccccc2)[C@@H]2OC[C@@H](O2)[C@H]1OCc1ccccc1. The molecule has 2 aliphatic heterocycles. The molecule has 2 aromatic carbocycles. The predicted octanol–water partition coefficient (Wildman–Crippen LogP) is 3.25. The van der Waals surface area contributed by atoms with Gasteiger partial charge >= 0.3 is 0 Å². The summed E-state index contributed by atoms with van der Waals surface area (Å²) in [4.78, 5) is 0.131. The third-order valence-corrected chi connectivity index (χ3v) is 5.81. The van der Waals surface area contributed by atoms with E-state index in [1.165, 1.54) is 5.56 Å². The molecule has 0 spiro atoms. The van der Waals surface area contributed by atoms with E-state index in [0.717, 1.165) is 12.1 Å². The second-order valence-electron chi connectivity index (χ2n) is 6.47. The van der Waals surface area contributed by atoms with Gasteiger partial charge in [-0.2, -0.15) is 0 Å². The molecule has 0 amide bonds. The zero-order chi connectivity index (χ0) is 17.1. The van der Waals surface area contributed by atoms with Gasteiger partial charge in [-0.05, 0) is 11.1 Å². The smallest absolute Gasteiger partial charge is 0.174 e. The van der Waals surface area contributed by atoms with Crippen molar-refractivity contribution >= 4 is 15.9 Å². The molecule has 1 N–H and O–H groups in total. The Morgan fingerprint density at radius 3 is 2.40 bits per heavy atom. The molecular weight excluding hydrogens is 382 g/mol. The van der Waals surface area contributed by atoms with Crippen molar-refractivity contribution in [2.75, 3.05) is 6.61 Å². The third-order valence-electron chi connectivity index (χ3n) is 4.72. The Balaban J connectivity index is 1.40. The normalized spacial score (nSPS) is 31.2. The standard InChI is InChI=1S/C20H22BrNO3/c21-17-18(22-11-14-7-3-1-4-8-14)20-24-13-16(25-20)19(17)23-12-15-9-5-2-6-10-15/h1-10,16-20,22H,11-13H2/t16-,17-,18-,19-,20-/m1/s1. The molecule has 0 saturated carbocycles. The van der Waals surface area contributed by atoms with Crippen LogP contribution in [-0.4, -0.2) is 36.0 Å². The first-order chi connectivity index (χ1) is 12.3. The summed E-state index contributed by atoms with van der Waals surface area (Å²) in [7, 11) is 0. The van der Waals surface area contributed by atoms with Crippen LogP contribution in [-0.2, 0) is 27.4 Å². The largest absolute Gasteiger partial charge is 0.370 e. The quantitative estimate of drug-likeness (QED) is 0.751. The number of rotatable bonds is 6. The highest BCUT2D eigenvalue weighted by Crippen LogP contribution is 2.34. The fourth-order valence-corrected chi connectivity index (χ4v) is 4.30. The molecule has 4 nitrogen and oxygen atoms in total. The third kappa shape index (κ3) is 3.96. The van der Waals surface area contributed by atoms with Gasteiger partial charge in [0.05, 0.1) is 24.1 Å². The van der Waals surface area contributed by atoms with Gasteiger partial charge in [-0.15, -0.1) is 0 Å². The van der Waals surface area contributed by atoms with Crippen molar-refractivity contribution in [2.24, 2.45) is 0 Å². The lowest BCUT2D eigenvalue weighted by molar-refractivity contribution is -0.150. The van der Waals surface area contributed by atoms with E-state index < -0.39 is 0 Å². The highest BCUT2D eigenvalue weighted by molar-refractivity contribution is 9.09. The van der Waals surface area contributed by atoms with Crippen molar-refractivity contribution < 1.29 is 14.2 Å². The molecule has 0 aliphatic carbocycles. The molecule has 0 radical (unpaired) electrons. The zero-order valence-corrected chi connectivity index (χ0v) is 15.5. The van der Waals surface area contributed by atoms with Crippen molar-refractivity contribution in [1.29, 1.82) is 0 Å². The molecule has 2 aromatic rings.